The summed E-state index contributed by atoms with van der Waals surface area (Å²) in [5, 5.41) is 14.2. The van der Waals surface area contributed by atoms with Crippen LogP contribution in [-0.4, -0.2) is 62.1 Å². The molecule has 1 N–H and O–H groups in total. The third-order valence-corrected chi connectivity index (χ3v) is 6.29. The molecule has 1 atom stereocenters. The van der Waals surface area contributed by atoms with Gasteiger partial charge in [0, 0.05) is 39.1 Å². The molecule has 3 aromatic rings. The summed E-state index contributed by atoms with van der Waals surface area (Å²) in [5.41, 5.74) is 0.583. The van der Waals surface area contributed by atoms with E-state index in [4.69, 9.17) is 0 Å². The molecule has 0 aliphatic carbocycles. The normalized spacial score (nSPS) is 18.9. The minimum absolute atomic E-state index is 0.201. The fourth-order valence-corrected chi connectivity index (χ4v) is 4.72. The van der Waals surface area contributed by atoms with Gasteiger partial charge in [-0.3, -0.25) is 0 Å². The first-order valence-corrected chi connectivity index (χ1v) is 9.54. The molecule has 0 radical (unpaired) electrons. The number of hydrogen-bond acceptors (Lipinski definition) is 7. The third kappa shape index (κ3) is 2.89. The zero-order valence-corrected chi connectivity index (χ0v) is 14.9. The SMILES string of the molecule is Cn1ccnc1C1CNCCN1S(=O)(=O)c1cccc(-n2cnnn2)c1. The van der Waals surface area contributed by atoms with Crippen LogP contribution in [0.3, 0.4) is 0 Å². The summed E-state index contributed by atoms with van der Waals surface area (Å²) in [6, 6.07) is 6.22. The van der Waals surface area contributed by atoms with E-state index < -0.39 is 10.0 Å². The third-order valence-electron chi connectivity index (χ3n) is 4.39. The fraction of sp³-hybridized carbons (Fsp3) is 0.333. The molecule has 0 amide bonds. The Morgan fingerprint density at radius 1 is 1.31 bits per heavy atom. The molecular weight excluding hydrogens is 356 g/mol. The Morgan fingerprint density at radius 3 is 2.92 bits per heavy atom. The Balaban J connectivity index is 1.73. The lowest BCUT2D eigenvalue weighted by Crippen LogP contribution is -2.49. The highest BCUT2D eigenvalue weighted by atomic mass is 32.2. The zero-order chi connectivity index (χ0) is 18.1. The van der Waals surface area contributed by atoms with Gasteiger partial charge >= 0.3 is 0 Å². The summed E-state index contributed by atoms with van der Waals surface area (Å²) in [5.74, 6) is 0.706. The van der Waals surface area contributed by atoms with Gasteiger partial charge in [0.15, 0.2) is 0 Å². The predicted octanol–water partition coefficient (Wildman–Crippen LogP) is -0.269. The van der Waals surface area contributed by atoms with Crippen molar-refractivity contribution >= 4 is 10.0 Å². The standard InChI is InChI=1S/C15H18N8O2S/c1-21-7-6-17-15(21)14-10-16-5-8-23(14)26(24,25)13-4-2-3-12(9-13)22-11-18-19-20-22/h2-4,6-7,9,11,14,16H,5,8,10H2,1H3. The van der Waals surface area contributed by atoms with Gasteiger partial charge < -0.3 is 9.88 Å². The number of aryl methyl sites for hydroxylation is 1. The Hall–Kier alpha value is -2.63. The van der Waals surface area contributed by atoms with E-state index >= 15 is 0 Å². The number of hydrogen-bond donors (Lipinski definition) is 1. The average Bonchev–Trinajstić information content (AvgIpc) is 3.33. The van der Waals surface area contributed by atoms with Crippen LogP contribution in [0.1, 0.15) is 11.9 Å². The van der Waals surface area contributed by atoms with Crippen molar-refractivity contribution in [2.75, 3.05) is 19.6 Å². The van der Waals surface area contributed by atoms with Gasteiger partial charge in [-0.2, -0.15) is 4.31 Å². The minimum atomic E-state index is -3.71. The molecule has 1 fully saturated rings. The van der Waals surface area contributed by atoms with Crippen molar-refractivity contribution in [3.8, 4) is 5.69 Å². The minimum Gasteiger partial charge on any atom is -0.337 e. The molecule has 1 aliphatic rings. The van der Waals surface area contributed by atoms with Crippen LogP contribution in [0, 0.1) is 0 Å². The second-order valence-electron chi connectivity index (χ2n) is 5.98. The number of imidazole rings is 1. The summed E-state index contributed by atoms with van der Waals surface area (Å²) >= 11 is 0. The van der Waals surface area contributed by atoms with E-state index in [2.05, 4.69) is 25.8 Å². The van der Waals surface area contributed by atoms with Gasteiger partial charge in [0.05, 0.1) is 16.6 Å². The number of aromatic nitrogens is 6. The highest BCUT2D eigenvalue weighted by Gasteiger charge is 2.36. The maximum Gasteiger partial charge on any atom is 0.243 e. The molecule has 1 saturated heterocycles. The van der Waals surface area contributed by atoms with E-state index in [1.54, 1.807) is 30.5 Å². The van der Waals surface area contributed by atoms with Crippen LogP contribution in [0.4, 0.5) is 0 Å². The Labute approximate surface area is 150 Å². The first-order chi connectivity index (χ1) is 12.6. The Morgan fingerprint density at radius 2 is 2.19 bits per heavy atom. The molecule has 11 heteroatoms. The molecule has 3 heterocycles. The van der Waals surface area contributed by atoms with Crippen molar-refractivity contribution < 1.29 is 8.42 Å². The van der Waals surface area contributed by atoms with Crippen LogP contribution in [0.5, 0.6) is 0 Å². The lowest BCUT2D eigenvalue weighted by atomic mass is 10.2. The van der Waals surface area contributed by atoms with Crippen molar-refractivity contribution in [1.82, 2.24) is 39.4 Å². The molecule has 136 valence electrons. The number of sulfonamides is 1. The lowest BCUT2D eigenvalue weighted by molar-refractivity contribution is 0.258. The summed E-state index contributed by atoms with van der Waals surface area (Å²) in [4.78, 5) is 4.54. The molecule has 10 nitrogen and oxygen atoms in total. The van der Waals surface area contributed by atoms with Crippen LogP contribution >= 0.6 is 0 Å². The summed E-state index contributed by atoms with van der Waals surface area (Å²) in [6.45, 7) is 1.47. The van der Waals surface area contributed by atoms with Crippen LogP contribution in [0.25, 0.3) is 5.69 Å². The van der Waals surface area contributed by atoms with Gasteiger partial charge in [-0.05, 0) is 28.6 Å². The van der Waals surface area contributed by atoms with E-state index in [0.29, 0.717) is 31.1 Å². The highest BCUT2D eigenvalue weighted by Crippen LogP contribution is 2.28. The number of tetrazole rings is 1. The van der Waals surface area contributed by atoms with Crippen LogP contribution in [0.2, 0.25) is 0 Å². The van der Waals surface area contributed by atoms with Crippen molar-refractivity contribution in [2.45, 2.75) is 10.9 Å². The monoisotopic (exact) mass is 374 g/mol. The first-order valence-electron chi connectivity index (χ1n) is 8.10. The van der Waals surface area contributed by atoms with Gasteiger partial charge in [-0.15, -0.1) is 5.10 Å². The smallest absolute Gasteiger partial charge is 0.243 e. The van der Waals surface area contributed by atoms with E-state index in [1.165, 1.54) is 15.3 Å². The van der Waals surface area contributed by atoms with Crippen molar-refractivity contribution in [2.24, 2.45) is 7.05 Å². The molecule has 1 aliphatic heterocycles. The quantitative estimate of drug-likeness (QED) is 0.669. The van der Waals surface area contributed by atoms with Crippen molar-refractivity contribution in [3.63, 3.8) is 0 Å². The zero-order valence-electron chi connectivity index (χ0n) is 14.1. The van der Waals surface area contributed by atoms with Gasteiger partial charge in [-0.25, -0.2) is 18.1 Å². The fourth-order valence-electron chi connectivity index (χ4n) is 3.09. The lowest BCUT2D eigenvalue weighted by Gasteiger charge is -2.34. The van der Waals surface area contributed by atoms with Gasteiger partial charge in [0.25, 0.3) is 0 Å². The average molecular weight is 374 g/mol. The van der Waals surface area contributed by atoms with E-state index in [-0.39, 0.29) is 10.9 Å². The largest absolute Gasteiger partial charge is 0.337 e. The second kappa shape index (κ2) is 6.59. The number of benzene rings is 1. The predicted molar refractivity (Wildman–Crippen MR) is 91.9 cm³/mol. The maximum atomic E-state index is 13.3. The number of rotatable bonds is 4. The van der Waals surface area contributed by atoms with Crippen molar-refractivity contribution in [3.05, 3.63) is 48.8 Å². The molecule has 0 bridgehead atoms. The number of nitrogens with one attached hydrogen (secondary N) is 1. The molecule has 2 aromatic heterocycles. The molecular formula is C15H18N8O2S. The summed E-state index contributed by atoms with van der Waals surface area (Å²) < 4.78 is 31.4. The van der Waals surface area contributed by atoms with Crippen LogP contribution in [-0.2, 0) is 17.1 Å². The molecule has 1 unspecified atom stereocenters. The van der Waals surface area contributed by atoms with Gasteiger partial charge in [-0.1, -0.05) is 6.07 Å². The van der Waals surface area contributed by atoms with E-state index in [9.17, 15) is 8.42 Å². The summed E-state index contributed by atoms with van der Waals surface area (Å²) in [7, 11) is -1.85. The Bertz CT molecular complexity index is 998. The molecule has 0 spiro atoms. The van der Waals surface area contributed by atoms with E-state index in [0.717, 1.165) is 0 Å². The molecule has 26 heavy (non-hydrogen) atoms. The highest BCUT2D eigenvalue weighted by molar-refractivity contribution is 7.89. The Kier molecular flexibility index (Phi) is 4.26. The first kappa shape index (κ1) is 16.8. The van der Waals surface area contributed by atoms with Crippen LogP contribution < -0.4 is 5.32 Å². The van der Waals surface area contributed by atoms with Gasteiger partial charge in [0.1, 0.15) is 12.2 Å². The molecule has 0 saturated carbocycles. The molecule has 1 aromatic carbocycles. The number of piperazine rings is 1. The second-order valence-corrected chi connectivity index (χ2v) is 7.87. The van der Waals surface area contributed by atoms with Crippen molar-refractivity contribution in [1.29, 1.82) is 0 Å². The van der Waals surface area contributed by atoms with Gasteiger partial charge in [0.2, 0.25) is 10.0 Å². The van der Waals surface area contributed by atoms with E-state index in [1.807, 2.05) is 17.8 Å². The summed E-state index contributed by atoms with van der Waals surface area (Å²) in [6.07, 6.45) is 4.91. The van der Waals surface area contributed by atoms with Crippen LogP contribution in [0.15, 0.2) is 47.9 Å². The molecule has 4 rings (SSSR count). The number of nitrogens with zero attached hydrogens (tertiary/aromatic N) is 7. The maximum absolute atomic E-state index is 13.3. The topological polar surface area (TPSA) is 111 Å².